The van der Waals surface area contributed by atoms with Crippen LogP contribution >= 0.6 is 11.6 Å². The summed E-state index contributed by atoms with van der Waals surface area (Å²) in [6.07, 6.45) is -1.80. The molecule has 0 fully saturated rings. The van der Waals surface area contributed by atoms with Crippen LogP contribution in [0.25, 0.3) is 6.08 Å². The van der Waals surface area contributed by atoms with E-state index in [0.717, 1.165) is 6.08 Å². The van der Waals surface area contributed by atoms with E-state index in [1.165, 1.54) is 25.3 Å². The minimum absolute atomic E-state index is 0.0595. The van der Waals surface area contributed by atoms with Crippen LogP contribution in [0, 0.1) is 0 Å². The number of carbonyl (C=O) groups excluding carboxylic acids is 1. The number of pyridine rings is 1. The summed E-state index contributed by atoms with van der Waals surface area (Å²) in [7, 11) is -2.43. The van der Waals surface area contributed by atoms with E-state index in [1.807, 2.05) is 4.72 Å². The number of carbonyl (C=O) groups is 1. The van der Waals surface area contributed by atoms with Crippen molar-refractivity contribution in [1.29, 1.82) is 0 Å². The monoisotopic (exact) mass is 536 g/mol. The van der Waals surface area contributed by atoms with Crippen molar-refractivity contribution in [3.05, 3.63) is 52.7 Å². The lowest BCUT2D eigenvalue weighted by Crippen LogP contribution is -2.31. The van der Waals surface area contributed by atoms with Gasteiger partial charge in [-0.3, -0.25) is 4.79 Å². The number of nitrogens with one attached hydrogen (secondary N) is 1. The summed E-state index contributed by atoms with van der Waals surface area (Å²) in [4.78, 5) is 15.8. The van der Waals surface area contributed by atoms with E-state index in [2.05, 4.69) is 4.98 Å². The van der Waals surface area contributed by atoms with Gasteiger partial charge >= 0.3 is 6.18 Å². The van der Waals surface area contributed by atoms with Crippen molar-refractivity contribution in [3.8, 4) is 17.4 Å². The Hall–Kier alpha value is -2.83. The van der Waals surface area contributed by atoms with E-state index in [-0.39, 0.29) is 47.1 Å². The Morgan fingerprint density at radius 2 is 1.97 bits per heavy atom. The van der Waals surface area contributed by atoms with Crippen molar-refractivity contribution < 1.29 is 40.6 Å². The molecule has 1 heterocycles. The van der Waals surface area contributed by atoms with E-state index in [0.29, 0.717) is 18.0 Å². The number of rotatable bonds is 11. The van der Waals surface area contributed by atoms with Gasteiger partial charge in [0.05, 0.1) is 17.4 Å². The molecule has 0 bridgehead atoms. The number of amides is 1. The topological polar surface area (TPSA) is 104 Å². The molecule has 2 aromatic rings. The number of hydrogen-bond donors (Lipinski definition) is 1. The average Bonchev–Trinajstić information content (AvgIpc) is 2.73. The van der Waals surface area contributed by atoms with Gasteiger partial charge in [0.25, 0.3) is 5.91 Å². The Balaban J connectivity index is 2.29. The Morgan fingerprint density at radius 3 is 2.57 bits per heavy atom. The lowest BCUT2D eigenvalue weighted by Gasteiger charge is -2.14. The van der Waals surface area contributed by atoms with Gasteiger partial charge in [-0.2, -0.15) is 13.2 Å². The molecule has 0 aliphatic carbocycles. The number of methoxy groups -OCH3 is 1. The molecule has 0 aliphatic rings. The lowest BCUT2D eigenvalue weighted by molar-refractivity contribution is -0.137. The summed E-state index contributed by atoms with van der Waals surface area (Å²) in [5.74, 6) is -1.07. The van der Waals surface area contributed by atoms with E-state index in [1.54, 1.807) is 19.9 Å². The Kier molecular flexibility index (Phi) is 9.92. The zero-order valence-electron chi connectivity index (χ0n) is 19.1. The molecule has 0 saturated heterocycles. The van der Waals surface area contributed by atoms with Crippen molar-refractivity contribution in [2.24, 2.45) is 0 Å². The first-order valence-electron chi connectivity index (χ1n) is 10.2. The molecule has 0 aliphatic heterocycles. The van der Waals surface area contributed by atoms with Gasteiger partial charge in [0, 0.05) is 37.6 Å². The van der Waals surface area contributed by atoms with Crippen LogP contribution < -0.4 is 14.2 Å². The fraction of sp³-hybridized carbons (Fsp3) is 0.364. The van der Waals surface area contributed by atoms with Crippen molar-refractivity contribution in [2.75, 3.05) is 19.5 Å². The fourth-order valence-electron chi connectivity index (χ4n) is 2.64. The van der Waals surface area contributed by atoms with Crippen LogP contribution in [0.5, 0.6) is 17.4 Å². The van der Waals surface area contributed by atoms with Crippen LogP contribution in [0.2, 0.25) is 5.02 Å². The third-order valence-corrected chi connectivity index (χ3v) is 5.74. The second-order valence-electron chi connectivity index (χ2n) is 7.44. The number of alkyl halides is 3. The van der Waals surface area contributed by atoms with Gasteiger partial charge in [-0.05, 0) is 44.5 Å². The summed E-state index contributed by atoms with van der Waals surface area (Å²) < 4.78 is 80.5. The molecule has 192 valence electrons. The smallest absolute Gasteiger partial charge is 0.417 e. The molecule has 8 nitrogen and oxygen atoms in total. The van der Waals surface area contributed by atoms with E-state index in [9.17, 15) is 26.4 Å². The van der Waals surface area contributed by atoms with E-state index < -0.39 is 27.7 Å². The molecule has 1 amide bonds. The molecule has 0 atom stereocenters. The maximum atomic E-state index is 12.9. The van der Waals surface area contributed by atoms with Crippen molar-refractivity contribution in [1.82, 2.24) is 9.71 Å². The predicted molar refractivity (Wildman–Crippen MR) is 124 cm³/mol. The van der Waals surface area contributed by atoms with Crippen LogP contribution in [0.3, 0.4) is 0 Å². The van der Waals surface area contributed by atoms with Gasteiger partial charge in [0.15, 0.2) is 0 Å². The number of nitrogens with zero attached hydrogens (tertiary/aromatic N) is 1. The van der Waals surface area contributed by atoms with E-state index in [4.69, 9.17) is 25.8 Å². The lowest BCUT2D eigenvalue weighted by atomic mass is 10.1. The molecule has 35 heavy (non-hydrogen) atoms. The van der Waals surface area contributed by atoms with Gasteiger partial charge in [0.2, 0.25) is 15.9 Å². The quantitative estimate of drug-likeness (QED) is 0.324. The summed E-state index contributed by atoms with van der Waals surface area (Å²) in [5, 5.41) is -0.384. The summed E-state index contributed by atoms with van der Waals surface area (Å²) in [6, 6.07) is 5.21. The maximum Gasteiger partial charge on any atom is 0.417 e. The molecule has 13 heteroatoms. The SMILES string of the molecule is COCCCS(=O)(=O)NC(=O)C=Cc1ccc(OC(C)C)cc1Oc1ncc(C(F)(F)F)cc1Cl. The van der Waals surface area contributed by atoms with Crippen LogP contribution in [0.1, 0.15) is 31.4 Å². The minimum Gasteiger partial charge on any atom is -0.491 e. The molecule has 0 saturated carbocycles. The first-order chi connectivity index (χ1) is 16.3. The Bertz CT molecular complexity index is 1170. The van der Waals surface area contributed by atoms with Crippen molar-refractivity contribution in [3.63, 3.8) is 0 Å². The Morgan fingerprint density at radius 1 is 1.26 bits per heavy atom. The number of halogens is 4. The first kappa shape index (κ1) is 28.4. The maximum absolute atomic E-state index is 12.9. The van der Waals surface area contributed by atoms with Gasteiger partial charge in [-0.15, -0.1) is 0 Å². The molecular weight excluding hydrogens is 513 g/mol. The molecule has 0 unspecified atom stereocenters. The largest absolute Gasteiger partial charge is 0.491 e. The van der Waals surface area contributed by atoms with Gasteiger partial charge < -0.3 is 14.2 Å². The highest BCUT2D eigenvalue weighted by atomic mass is 35.5. The van der Waals surface area contributed by atoms with Gasteiger partial charge in [-0.25, -0.2) is 18.1 Å². The second kappa shape index (κ2) is 12.2. The number of aromatic nitrogens is 1. The van der Waals surface area contributed by atoms with Gasteiger partial charge in [0.1, 0.15) is 16.5 Å². The molecule has 2 rings (SSSR count). The molecule has 1 aromatic heterocycles. The fourth-order valence-corrected chi connectivity index (χ4v) is 3.82. The highest BCUT2D eigenvalue weighted by Crippen LogP contribution is 2.36. The highest BCUT2D eigenvalue weighted by Gasteiger charge is 2.32. The highest BCUT2D eigenvalue weighted by molar-refractivity contribution is 7.90. The zero-order valence-corrected chi connectivity index (χ0v) is 20.6. The van der Waals surface area contributed by atoms with Crippen LogP contribution in [-0.4, -0.2) is 44.9 Å². The molecular formula is C22H24ClF3N2O6S. The number of benzene rings is 1. The molecule has 0 radical (unpaired) electrons. The summed E-state index contributed by atoms with van der Waals surface area (Å²) in [5.41, 5.74) is -0.763. The third kappa shape index (κ3) is 9.38. The normalized spacial score (nSPS) is 12.2. The van der Waals surface area contributed by atoms with Crippen molar-refractivity contribution in [2.45, 2.75) is 32.5 Å². The summed E-state index contributed by atoms with van der Waals surface area (Å²) in [6.45, 7) is 3.80. The average molecular weight is 537 g/mol. The number of ether oxygens (including phenoxy) is 3. The number of sulfonamides is 1. The minimum atomic E-state index is -4.63. The summed E-state index contributed by atoms with van der Waals surface area (Å²) >= 11 is 5.94. The first-order valence-corrected chi connectivity index (χ1v) is 12.3. The molecule has 1 N–H and O–H groups in total. The Labute approximate surface area is 206 Å². The third-order valence-electron chi connectivity index (χ3n) is 4.13. The van der Waals surface area contributed by atoms with Crippen LogP contribution in [-0.2, 0) is 25.7 Å². The van der Waals surface area contributed by atoms with E-state index >= 15 is 0 Å². The standard InChI is InChI=1S/C22H24ClF3N2O6S/c1-14(2)33-17-7-5-15(6-8-20(29)28-35(30,31)10-4-9-32-3)19(12-17)34-21-18(23)11-16(13-27-21)22(24,25)26/h5-8,11-14H,4,9-10H2,1-3H3,(H,28,29). The van der Waals surface area contributed by atoms with Crippen LogP contribution in [0.4, 0.5) is 13.2 Å². The predicted octanol–water partition coefficient (Wildman–Crippen LogP) is 4.83. The molecule has 1 aromatic carbocycles. The number of hydrogen-bond acceptors (Lipinski definition) is 7. The van der Waals surface area contributed by atoms with Crippen LogP contribution in [0.15, 0.2) is 36.5 Å². The second-order valence-corrected chi connectivity index (χ2v) is 9.69. The van der Waals surface area contributed by atoms with Gasteiger partial charge in [-0.1, -0.05) is 11.6 Å². The molecule has 0 spiro atoms. The van der Waals surface area contributed by atoms with Crippen molar-refractivity contribution >= 4 is 33.6 Å². The zero-order chi connectivity index (χ0) is 26.2.